The molecule has 1 rings (SSSR count). The highest BCUT2D eigenvalue weighted by molar-refractivity contribution is 7.89. The van der Waals surface area contributed by atoms with Crippen LogP contribution in [0.2, 0.25) is 0 Å². The molecular formula is C3H7Cl2N3O2S. The van der Waals surface area contributed by atoms with Crippen molar-refractivity contribution in [1.82, 2.24) is 10.2 Å². The van der Waals surface area contributed by atoms with Gasteiger partial charge in [0.15, 0.2) is 0 Å². The average Bonchev–Trinajstić information content (AvgIpc) is 2.08. The van der Waals surface area contributed by atoms with E-state index in [4.69, 9.17) is 5.14 Å². The van der Waals surface area contributed by atoms with Gasteiger partial charge in [-0.1, -0.05) is 0 Å². The summed E-state index contributed by atoms with van der Waals surface area (Å²) >= 11 is 0. The first kappa shape index (κ1) is 13.3. The first-order valence-corrected chi connectivity index (χ1v) is 3.67. The van der Waals surface area contributed by atoms with Gasteiger partial charge in [0, 0.05) is 6.20 Å². The van der Waals surface area contributed by atoms with Gasteiger partial charge in [0.2, 0.25) is 10.0 Å². The van der Waals surface area contributed by atoms with Crippen molar-refractivity contribution >= 4 is 34.8 Å². The van der Waals surface area contributed by atoms with Gasteiger partial charge in [-0.3, -0.25) is 5.10 Å². The Hall–Kier alpha value is -0.300. The number of rotatable bonds is 1. The largest absolute Gasteiger partial charge is 0.284 e. The minimum Gasteiger partial charge on any atom is -0.284 e. The number of nitrogens with zero attached hydrogens (tertiary/aromatic N) is 1. The van der Waals surface area contributed by atoms with E-state index in [0.717, 1.165) is 6.20 Å². The molecule has 1 aromatic heterocycles. The monoisotopic (exact) mass is 219 g/mol. The second kappa shape index (κ2) is 4.55. The molecule has 0 spiro atoms. The molecule has 0 radical (unpaired) electrons. The fraction of sp³-hybridized carbons (Fsp3) is 0. The van der Waals surface area contributed by atoms with Crippen LogP contribution in [-0.4, -0.2) is 18.6 Å². The predicted molar refractivity (Wildman–Crippen MR) is 44.5 cm³/mol. The van der Waals surface area contributed by atoms with Gasteiger partial charge in [-0.25, -0.2) is 13.6 Å². The fourth-order valence-electron chi connectivity index (χ4n) is 0.395. The third-order valence-electron chi connectivity index (χ3n) is 0.802. The topological polar surface area (TPSA) is 88.8 Å². The number of halogens is 2. The molecule has 0 amide bonds. The van der Waals surface area contributed by atoms with Crippen LogP contribution in [0.1, 0.15) is 0 Å². The molecule has 5 nitrogen and oxygen atoms in total. The number of sulfonamides is 1. The summed E-state index contributed by atoms with van der Waals surface area (Å²) < 4.78 is 20.8. The van der Waals surface area contributed by atoms with Gasteiger partial charge in [0.1, 0.15) is 4.90 Å². The van der Waals surface area contributed by atoms with Gasteiger partial charge in [0.05, 0.1) is 6.20 Å². The standard InChI is InChI=1S/C3H5N3O2S.2ClH/c4-9(7,8)3-1-5-6-2-3;;/h1-2H,(H,5,6)(H2,4,7,8);2*1H. The Kier molecular flexibility index (Phi) is 5.50. The molecule has 0 saturated heterocycles. The van der Waals surface area contributed by atoms with Gasteiger partial charge < -0.3 is 0 Å². The summed E-state index contributed by atoms with van der Waals surface area (Å²) in [5.74, 6) is 0. The highest BCUT2D eigenvalue weighted by atomic mass is 35.5. The van der Waals surface area contributed by atoms with Crippen LogP contribution < -0.4 is 5.14 Å². The molecule has 11 heavy (non-hydrogen) atoms. The van der Waals surface area contributed by atoms with Crippen LogP contribution in [-0.2, 0) is 10.0 Å². The zero-order valence-electron chi connectivity index (χ0n) is 5.22. The summed E-state index contributed by atoms with van der Waals surface area (Å²) in [6.45, 7) is 0. The number of H-pyrrole nitrogens is 1. The van der Waals surface area contributed by atoms with Crippen molar-refractivity contribution in [3.05, 3.63) is 12.4 Å². The Morgan fingerprint density at radius 2 is 2.00 bits per heavy atom. The Labute approximate surface area is 76.2 Å². The van der Waals surface area contributed by atoms with Crippen molar-refractivity contribution in [3.63, 3.8) is 0 Å². The third-order valence-corrected chi connectivity index (χ3v) is 1.68. The maximum absolute atomic E-state index is 10.4. The Morgan fingerprint density at radius 1 is 1.45 bits per heavy atom. The molecule has 0 fully saturated rings. The van der Waals surface area contributed by atoms with E-state index in [0.29, 0.717) is 0 Å². The smallest absolute Gasteiger partial charge is 0.241 e. The van der Waals surface area contributed by atoms with Crippen LogP contribution >= 0.6 is 24.8 Å². The molecule has 8 heteroatoms. The molecule has 0 aliphatic heterocycles. The van der Waals surface area contributed by atoms with Crippen LogP contribution in [0.15, 0.2) is 17.3 Å². The van der Waals surface area contributed by atoms with Gasteiger partial charge >= 0.3 is 0 Å². The molecule has 0 atom stereocenters. The second-order valence-electron chi connectivity index (χ2n) is 1.48. The number of hydrogen-bond acceptors (Lipinski definition) is 3. The lowest BCUT2D eigenvalue weighted by atomic mass is 10.7. The number of primary sulfonamides is 1. The van der Waals surface area contributed by atoms with Gasteiger partial charge in [-0.05, 0) is 0 Å². The molecule has 66 valence electrons. The Balaban J connectivity index is 0. The third kappa shape index (κ3) is 3.57. The lowest BCUT2D eigenvalue weighted by molar-refractivity contribution is 0.598. The zero-order chi connectivity index (χ0) is 6.91. The quantitative estimate of drug-likeness (QED) is 0.692. The summed E-state index contributed by atoms with van der Waals surface area (Å²) in [7, 11) is -3.55. The molecule has 1 aromatic rings. The number of aromatic nitrogens is 2. The first-order valence-electron chi connectivity index (χ1n) is 2.12. The van der Waals surface area contributed by atoms with E-state index in [1.165, 1.54) is 6.20 Å². The summed E-state index contributed by atoms with van der Waals surface area (Å²) in [5, 5.41) is 10.4. The zero-order valence-corrected chi connectivity index (χ0v) is 7.67. The van der Waals surface area contributed by atoms with E-state index in [9.17, 15) is 8.42 Å². The molecule has 1 heterocycles. The minimum absolute atomic E-state index is 0. The highest BCUT2D eigenvalue weighted by Crippen LogP contribution is 1.98. The van der Waals surface area contributed by atoms with E-state index in [1.807, 2.05) is 0 Å². The van der Waals surface area contributed by atoms with Crippen molar-refractivity contribution in [2.24, 2.45) is 5.14 Å². The molecule has 0 aliphatic rings. The number of hydrogen-bond donors (Lipinski definition) is 2. The first-order chi connectivity index (χ1) is 4.11. The maximum atomic E-state index is 10.4. The molecule has 0 aliphatic carbocycles. The van der Waals surface area contributed by atoms with Crippen molar-refractivity contribution in [3.8, 4) is 0 Å². The molecule has 0 bridgehead atoms. The maximum Gasteiger partial charge on any atom is 0.241 e. The van der Waals surface area contributed by atoms with E-state index in [1.54, 1.807) is 0 Å². The molecule has 3 N–H and O–H groups in total. The number of aromatic amines is 1. The lowest BCUT2D eigenvalue weighted by Gasteiger charge is -1.85. The number of nitrogens with two attached hydrogens (primary N) is 1. The Bertz CT molecular complexity index is 282. The fourth-order valence-corrected chi connectivity index (χ4v) is 0.811. The van der Waals surface area contributed by atoms with Crippen LogP contribution in [0, 0.1) is 0 Å². The summed E-state index contributed by atoms with van der Waals surface area (Å²) in [6.07, 6.45) is 2.37. The van der Waals surface area contributed by atoms with E-state index < -0.39 is 10.0 Å². The van der Waals surface area contributed by atoms with Gasteiger partial charge in [0.25, 0.3) is 0 Å². The van der Waals surface area contributed by atoms with Crippen molar-refractivity contribution in [2.75, 3.05) is 0 Å². The lowest BCUT2D eigenvalue weighted by Crippen LogP contribution is -2.10. The van der Waals surface area contributed by atoms with E-state index in [-0.39, 0.29) is 29.7 Å². The van der Waals surface area contributed by atoms with Crippen molar-refractivity contribution in [2.45, 2.75) is 4.90 Å². The van der Waals surface area contributed by atoms with Crippen LogP contribution in [0.3, 0.4) is 0 Å². The highest BCUT2D eigenvalue weighted by Gasteiger charge is 2.06. The summed E-state index contributed by atoms with van der Waals surface area (Å²) in [5.41, 5.74) is 0. The number of nitrogens with one attached hydrogen (secondary N) is 1. The predicted octanol–water partition coefficient (Wildman–Crippen LogP) is -0.0993. The molecule has 0 unspecified atom stereocenters. The molecule has 0 saturated carbocycles. The second-order valence-corrected chi connectivity index (χ2v) is 3.04. The molecular weight excluding hydrogens is 213 g/mol. The molecule has 0 aromatic carbocycles. The average molecular weight is 220 g/mol. The minimum atomic E-state index is -3.55. The van der Waals surface area contributed by atoms with Crippen LogP contribution in [0.5, 0.6) is 0 Å². The van der Waals surface area contributed by atoms with Gasteiger partial charge in [-0.15, -0.1) is 24.8 Å². The van der Waals surface area contributed by atoms with Crippen LogP contribution in [0.25, 0.3) is 0 Å². The van der Waals surface area contributed by atoms with E-state index in [2.05, 4.69) is 10.2 Å². The Morgan fingerprint density at radius 3 is 2.18 bits per heavy atom. The van der Waals surface area contributed by atoms with Crippen molar-refractivity contribution < 1.29 is 8.42 Å². The summed E-state index contributed by atoms with van der Waals surface area (Å²) in [6, 6.07) is 0. The van der Waals surface area contributed by atoms with Crippen LogP contribution in [0.4, 0.5) is 0 Å². The van der Waals surface area contributed by atoms with Crippen molar-refractivity contribution in [1.29, 1.82) is 0 Å². The van der Waals surface area contributed by atoms with Gasteiger partial charge in [-0.2, -0.15) is 5.10 Å². The van der Waals surface area contributed by atoms with E-state index >= 15 is 0 Å². The normalized spacial score (nSPS) is 9.55. The summed E-state index contributed by atoms with van der Waals surface area (Å²) in [4.78, 5) is 0.00231. The SMILES string of the molecule is Cl.Cl.NS(=O)(=O)c1cn[nH]c1.